The van der Waals surface area contributed by atoms with Crippen molar-refractivity contribution in [1.29, 1.82) is 0 Å². The topological polar surface area (TPSA) is 54.0 Å². The van der Waals surface area contributed by atoms with E-state index >= 15 is 0 Å². The molecule has 1 aliphatic heterocycles. The summed E-state index contributed by atoms with van der Waals surface area (Å²) in [6, 6.07) is 7.08. The predicted molar refractivity (Wildman–Crippen MR) is 66.2 cm³/mol. The molecule has 2 rings (SSSR count). The van der Waals surface area contributed by atoms with Gasteiger partial charge in [0.1, 0.15) is 0 Å². The molecule has 0 saturated carbocycles. The first-order valence-corrected chi connectivity index (χ1v) is 7.43. The van der Waals surface area contributed by atoms with Crippen molar-refractivity contribution in [2.24, 2.45) is 0 Å². The van der Waals surface area contributed by atoms with Crippen molar-refractivity contribution in [1.82, 2.24) is 4.31 Å². The summed E-state index contributed by atoms with van der Waals surface area (Å²) in [5.74, 6) is 0. The molecular weight excluding hydrogens is 236 g/mol. The Kier molecular flexibility index (Phi) is 3.81. The molecule has 1 aromatic rings. The van der Waals surface area contributed by atoms with E-state index in [0.717, 1.165) is 25.1 Å². The third kappa shape index (κ3) is 2.86. The summed E-state index contributed by atoms with van der Waals surface area (Å²) in [7, 11) is -3.29. The minimum atomic E-state index is -3.29. The molecule has 0 spiro atoms. The van der Waals surface area contributed by atoms with Crippen molar-refractivity contribution in [3.8, 4) is 0 Å². The zero-order valence-electron chi connectivity index (χ0n) is 10.1. The molecule has 1 heterocycles. The van der Waals surface area contributed by atoms with E-state index < -0.39 is 10.0 Å². The van der Waals surface area contributed by atoms with Gasteiger partial charge in [-0.15, -0.1) is 0 Å². The summed E-state index contributed by atoms with van der Waals surface area (Å²) in [5.41, 5.74) is 1.08. The highest BCUT2D eigenvalue weighted by atomic mass is 32.2. The molecule has 0 bridgehead atoms. The number of hydrogen-bond donors (Lipinski definition) is 1. The van der Waals surface area contributed by atoms with Gasteiger partial charge < -0.3 is 5.32 Å². The van der Waals surface area contributed by atoms with Gasteiger partial charge in [-0.25, -0.2) is 8.42 Å². The smallest absolute Gasteiger partial charge is 0.243 e. The van der Waals surface area contributed by atoms with Crippen LogP contribution in [0.1, 0.15) is 12.0 Å². The molecule has 0 atom stereocenters. The molecule has 0 aromatic heterocycles. The van der Waals surface area contributed by atoms with Crippen molar-refractivity contribution < 1.29 is 13.7 Å². The van der Waals surface area contributed by atoms with E-state index in [9.17, 15) is 8.42 Å². The van der Waals surface area contributed by atoms with Gasteiger partial charge in [0, 0.05) is 13.0 Å². The largest absolute Gasteiger partial charge is 0.345 e. The van der Waals surface area contributed by atoms with Gasteiger partial charge in [0.25, 0.3) is 0 Å². The van der Waals surface area contributed by atoms with Crippen LogP contribution >= 0.6 is 0 Å². The predicted octanol–water partition coefficient (Wildman–Crippen LogP) is -0.0472. The number of aryl methyl sites for hydroxylation is 1. The molecular formula is C12H19N2O2S+. The molecule has 4 nitrogen and oxygen atoms in total. The summed E-state index contributed by atoms with van der Waals surface area (Å²) < 4.78 is 26.3. The van der Waals surface area contributed by atoms with Crippen molar-refractivity contribution in [3.05, 3.63) is 29.8 Å². The zero-order chi connectivity index (χ0) is 12.3. The van der Waals surface area contributed by atoms with Crippen LogP contribution in [0.2, 0.25) is 0 Å². The van der Waals surface area contributed by atoms with Crippen LogP contribution in [0.5, 0.6) is 0 Å². The monoisotopic (exact) mass is 255 g/mol. The lowest BCUT2D eigenvalue weighted by molar-refractivity contribution is -0.651. The molecule has 17 heavy (non-hydrogen) atoms. The number of nitrogens with two attached hydrogens (primary N) is 1. The third-order valence-electron chi connectivity index (χ3n) is 3.06. The quantitative estimate of drug-likeness (QED) is 0.806. The average molecular weight is 255 g/mol. The number of rotatable bonds is 2. The van der Waals surface area contributed by atoms with Crippen LogP contribution in [-0.2, 0) is 10.0 Å². The van der Waals surface area contributed by atoms with E-state index in [1.165, 1.54) is 0 Å². The number of benzene rings is 1. The lowest BCUT2D eigenvalue weighted by Crippen LogP contribution is -2.84. The maximum absolute atomic E-state index is 12.4. The third-order valence-corrected chi connectivity index (χ3v) is 4.97. The first-order chi connectivity index (χ1) is 8.10. The Balaban J connectivity index is 2.25. The van der Waals surface area contributed by atoms with E-state index in [-0.39, 0.29) is 0 Å². The Hall–Kier alpha value is -0.910. The van der Waals surface area contributed by atoms with Gasteiger partial charge in [0.05, 0.1) is 24.5 Å². The van der Waals surface area contributed by atoms with Gasteiger partial charge in [-0.05, 0) is 19.1 Å². The van der Waals surface area contributed by atoms with Crippen molar-refractivity contribution >= 4 is 10.0 Å². The van der Waals surface area contributed by atoms with Crippen LogP contribution in [0.4, 0.5) is 0 Å². The van der Waals surface area contributed by atoms with Crippen molar-refractivity contribution in [2.45, 2.75) is 18.2 Å². The number of hydrogen-bond acceptors (Lipinski definition) is 2. The molecule has 1 fully saturated rings. The van der Waals surface area contributed by atoms with Gasteiger partial charge >= 0.3 is 0 Å². The SMILES string of the molecule is Cc1ccc(S(=O)(=O)N2CCC[NH2+]CC2)cc1. The Morgan fingerprint density at radius 1 is 1.12 bits per heavy atom. The van der Waals surface area contributed by atoms with E-state index in [4.69, 9.17) is 0 Å². The fourth-order valence-corrected chi connectivity index (χ4v) is 3.50. The van der Waals surface area contributed by atoms with Gasteiger partial charge in [0.2, 0.25) is 10.0 Å². The highest BCUT2D eigenvalue weighted by molar-refractivity contribution is 7.89. The molecule has 0 aliphatic carbocycles. The van der Waals surface area contributed by atoms with Crippen molar-refractivity contribution in [2.75, 3.05) is 26.2 Å². The summed E-state index contributed by atoms with van der Waals surface area (Å²) in [6.07, 6.45) is 0.922. The lowest BCUT2D eigenvalue weighted by Gasteiger charge is -2.18. The Morgan fingerprint density at radius 3 is 2.53 bits per heavy atom. The molecule has 5 heteroatoms. The Morgan fingerprint density at radius 2 is 1.82 bits per heavy atom. The second-order valence-electron chi connectivity index (χ2n) is 4.44. The fourth-order valence-electron chi connectivity index (χ4n) is 2.00. The molecule has 94 valence electrons. The van der Waals surface area contributed by atoms with Crippen LogP contribution < -0.4 is 5.32 Å². The van der Waals surface area contributed by atoms with Gasteiger partial charge in [-0.3, -0.25) is 0 Å². The minimum absolute atomic E-state index is 0.407. The standard InChI is InChI=1S/C12H18N2O2S/c1-11-3-5-12(6-4-11)17(15,16)14-9-2-7-13-8-10-14/h3-6,13H,2,7-10H2,1H3/p+1. The van der Waals surface area contributed by atoms with Crippen LogP contribution in [-0.4, -0.2) is 38.9 Å². The maximum atomic E-state index is 12.4. The number of quaternary nitrogens is 1. The highest BCUT2D eigenvalue weighted by Crippen LogP contribution is 2.16. The van der Waals surface area contributed by atoms with Crippen molar-refractivity contribution in [3.63, 3.8) is 0 Å². The van der Waals surface area contributed by atoms with Gasteiger partial charge in [-0.2, -0.15) is 4.31 Å². The molecule has 0 unspecified atom stereocenters. The number of nitrogens with zero attached hydrogens (tertiary/aromatic N) is 1. The summed E-state index contributed by atoms with van der Waals surface area (Å²) in [6.45, 7) is 5.06. The summed E-state index contributed by atoms with van der Waals surface area (Å²) in [5, 5.41) is 2.17. The van der Waals surface area contributed by atoms with E-state index in [1.54, 1.807) is 16.4 Å². The average Bonchev–Trinajstić information content (AvgIpc) is 2.58. The zero-order valence-corrected chi connectivity index (χ0v) is 10.9. The molecule has 1 saturated heterocycles. The first kappa shape index (κ1) is 12.5. The fraction of sp³-hybridized carbons (Fsp3) is 0.500. The molecule has 1 aliphatic rings. The van der Waals surface area contributed by atoms with Crippen LogP contribution in [0.3, 0.4) is 0 Å². The Labute approximate surface area is 103 Å². The Bertz CT molecular complexity index is 460. The van der Waals surface area contributed by atoms with Gasteiger partial charge in [0.15, 0.2) is 0 Å². The molecule has 2 N–H and O–H groups in total. The second kappa shape index (κ2) is 5.16. The van der Waals surface area contributed by atoms with Crippen LogP contribution in [0, 0.1) is 6.92 Å². The summed E-state index contributed by atoms with van der Waals surface area (Å²) in [4.78, 5) is 0.407. The summed E-state index contributed by atoms with van der Waals surface area (Å²) >= 11 is 0. The van der Waals surface area contributed by atoms with Crippen LogP contribution in [0.25, 0.3) is 0 Å². The lowest BCUT2D eigenvalue weighted by atomic mass is 10.2. The van der Waals surface area contributed by atoms with E-state index in [2.05, 4.69) is 5.32 Å². The first-order valence-electron chi connectivity index (χ1n) is 5.99. The highest BCUT2D eigenvalue weighted by Gasteiger charge is 2.25. The molecule has 0 radical (unpaired) electrons. The van der Waals surface area contributed by atoms with E-state index in [1.807, 2.05) is 19.1 Å². The minimum Gasteiger partial charge on any atom is -0.345 e. The van der Waals surface area contributed by atoms with E-state index in [0.29, 0.717) is 18.0 Å². The van der Waals surface area contributed by atoms with Crippen LogP contribution in [0.15, 0.2) is 29.2 Å². The van der Waals surface area contributed by atoms with Gasteiger partial charge in [-0.1, -0.05) is 17.7 Å². The molecule has 1 aromatic carbocycles. The number of sulfonamides is 1. The maximum Gasteiger partial charge on any atom is 0.243 e. The normalized spacial score (nSPS) is 18.9. The molecule has 0 amide bonds. The second-order valence-corrected chi connectivity index (χ2v) is 6.37.